The fourth-order valence-electron chi connectivity index (χ4n) is 1.74. The molecular weight excluding hydrogens is 230 g/mol. The molecule has 15 heavy (non-hydrogen) atoms. The Kier molecular flexibility index (Phi) is 3.13. The summed E-state index contributed by atoms with van der Waals surface area (Å²) in [4.78, 5) is 1.13. The molecule has 3 nitrogen and oxygen atoms in total. The lowest BCUT2D eigenvalue weighted by Crippen LogP contribution is -2.27. The molecular formula is C10H15NO2S2. The fraction of sp³-hybridized carbons (Fsp3) is 0.600. The van der Waals surface area contributed by atoms with Crippen molar-refractivity contribution in [1.29, 1.82) is 0 Å². The summed E-state index contributed by atoms with van der Waals surface area (Å²) in [6, 6.07) is 3.64. The zero-order valence-electron chi connectivity index (χ0n) is 8.77. The second-order valence-electron chi connectivity index (χ2n) is 3.69. The topological polar surface area (TPSA) is 37.4 Å². The van der Waals surface area contributed by atoms with E-state index in [4.69, 9.17) is 0 Å². The lowest BCUT2D eigenvalue weighted by Gasteiger charge is -2.13. The molecule has 84 valence electrons. The Bertz CT molecular complexity index is 430. The molecule has 0 aliphatic carbocycles. The van der Waals surface area contributed by atoms with Crippen molar-refractivity contribution >= 4 is 21.4 Å². The minimum absolute atomic E-state index is 0.501. The molecule has 0 unspecified atom stereocenters. The highest BCUT2D eigenvalue weighted by Gasteiger charge is 2.28. The standard InChI is InChI=1S/C10H15NO2S2/c1-2-9-5-6-10(14-9)15(12,13)11-7-3-4-8-11/h5-6H,2-4,7-8H2,1H3. The van der Waals surface area contributed by atoms with Crippen molar-refractivity contribution < 1.29 is 8.42 Å². The van der Waals surface area contributed by atoms with Crippen LogP contribution < -0.4 is 0 Å². The van der Waals surface area contributed by atoms with Crippen LogP contribution in [0.25, 0.3) is 0 Å². The second-order valence-corrected chi connectivity index (χ2v) is 7.02. The highest BCUT2D eigenvalue weighted by molar-refractivity contribution is 7.91. The number of hydrogen-bond donors (Lipinski definition) is 0. The summed E-state index contributed by atoms with van der Waals surface area (Å²) in [5.41, 5.74) is 0. The van der Waals surface area contributed by atoms with Crippen molar-refractivity contribution in [2.24, 2.45) is 0 Å². The number of hydrogen-bond acceptors (Lipinski definition) is 3. The van der Waals surface area contributed by atoms with Gasteiger partial charge in [0.15, 0.2) is 0 Å². The highest BCUT2D eigenvalue weighted by Crippen LogP contribution is 2.27. The number of thiophene rings is 1. The van der Waals surface area contributed by atoms with E-state index >= 15 is 0 Å². The quantitative estimate of drug-likeness (QED) is 0.817. The van der Waals surface area contributed by atoms with Crippen LogP contribution in [0.15, 0.2) is 16.3 Å². The summed E-state index contributed by atoms with van der Waals surface area (Å²) in [6.07, 6.45) is 2.89. The molecule has 5 heteroatoms. The van der Waals surface area contributed by atoms with Gasteiger partial charge in [-0.3, -0.25) is 0 Å². The Hall–Kier alpha value is -0.390. The third kappa shape index (κ3) is 2.09. The van der Waals surface area contributed by atoms with E-state index in [1.165, 1.54) is 11.3 Å². The highest BCUT2D eigenvalue weighted by atomic mass is 32.2. The predicted molar refractivity (Wildman–Crippen MR) is 61.7 cm³/mol. The normalized spacial score (nSPS) is 18.5. The summed E-state index contributed by atoms with van der Waals surface area (Å²) in [6.45, 7) is 3.40. The zero-order valence-corrected chi connectivity index (χ0v) is 10.4. The van der Waals surface area contributed by atoms with Gasteiger partial charge in [0.2, 0.25) is 0 Å². The van der Waals surface area contributed by atoms with Crippen LogP contribution >= 0.6 is 11.3 Å². The van der Waals surface area contributed by atoms with Gasteiger partial charge in [-0.25, -0.2) is 8.42 Å². The average molecular weight is 245 g/mol. The van der Waals surface area contributed by atoms with E-state index in [2.05, 4.69) is 0 Å². The van der Waals surface area contributed by atoms with E-state index in [1.807, 2.05) is 13.0 Å². The number of nitrogens with zero attached hydrogens (tertiary/aromatic N) is 1. The van der Waals surface area contributed by atoms with Gasteiger partial charge in [-0.2, -0.15) is 4.31 Å². The van der Waals surface area contributed by atoms with Crippen molar-refractivity contribution in [3.05, 3.63) is 17.0 Å². The minimum atomic E-state index is -3.18. The van der Waals surface area contributed by atoms with Gasteiger partial charge in [0.05, 0.1) is 0 Å². The Morgan fingerprint density at radius 3 is 2.53 bits per heavy atom. The largest absolute Gasteiger partial charge is 0.252 e. The molecule has 1 aromatic rings. The molecule has 1 aliphatic rings. The third-order valence-corrected chi connectivity index (χ3v) is 6.24. The molecule has 0 saturated carbocycles. The average Bonchev–Trinajstić information content (AvgIpc) is 2.89. The van der Waals surface area contributed by atoms with Gasteiger partial charge in [0.1, 0.15) is 4.21 Å². The Labute approximate surface area is 94.8 Å². The van der Waals surface area contributed by atoms with Gasteiger partial charge in [-0.05, 0) is 31.4 Å². The molecule has 2 rings (SSSR count). The van der Waals surface area contributed by atoms with Crippen LogP contribution in [0.3, 0.4) is 0 Å². The first-order chi connectivity index (χ1) is 7.14. The van der Waals surface area contributed by atoms with Crippen molar-refractivity contribution in [1.82, 2.24) is 4.31 Å². The van der Waals surface area contributed by atoms with Gasteiger partial charge in [0, 0.05) is 18.0 Å². The van der Waals surface area contributed by atoms with E-state index in [1.54, 1.807) is 10.4 Å². The van der Waals surface area contributed by atoms with Gasteiger partial charge < -0.3 is 0 Å². The Morgan fingerprint density at radius 1 is 1.33 bits per heavy atom. The van der Waals surface area contributed by atoms with Crippen LogP contribution in [0.2, 0.25) is 0 Å². The van der Waals surface area contributed by atoms with Gasteiger partial charge in [0.25, 0.3) is 10.0 Å². The fourth-order valence-corrected chi connectivity index (χ4v) is 4.71. The van der Waals surface area contributed by atoms with E-state index in [-0.39, 0.29) is 0 Å². The van der Waals surface area contributed by atoms with E-state index in [9.17, 15) is 8.42 Å². The van der Waals surface area contributed by atoms with Crippen molar-refractivity contribution in [3.63, 3.8) is 0 Å². The number of rotatable bonds is 3. The third-order valence-electron chi connectivity index (χ3n) is 2.64. The summed E-state index contributed by atoms with van der Waals surface area (Å²) in [5.74, 6) is 0. The van der Waals surface area contributed by atoms with E-state index in [0.717, 1.165) is 24.1 Å². The maximum Gasteiger partial charge on any atom is 0.252 e. The Balaban J connectivity index is 2.28. The molecule has 0 radical (unpaired) electrons. The van der Waals surface area contributed by atoms with Gasteiger partial charge in [-0.1, -0.05) is 6.92 Å². The molecule has 0 bridgehead atoms. The van der Waals surface area contributed by atoms with Gasteiger partial charge >= 0.3 is 0 Å². The molecule has 1 fully saturated rings. The number of sulfonamides is 1. The Morgan fingerprint density at radius 2 is 2.00 bits per heavy atom. The molecule has 1 aromatic heterocycles. The summed E-state index contributed by atoms with van der Waals surface area (Å²) in [5, 5.41) is 0. The number of aryl methyl sites for hydroxylation is 1. The van der Waals surface area contributed by atoms with Gasteiger partial charge in [-0.15, -0.1) is 11.3 Å². The molecule has 1 saturated heterocycles. The van der Waals surface area contributed by atoms with Crippen LogP contribution in [0.4, 0.5) is 0 Å². The first-order valence-corrected chi connectivity index (χ1v) is 7.49. The van der Waals surface area contributed by atoms with Crippen LogP contribution in [-0.2, 0) is 16.4 Å². The summed E-state index contributed by atoms with van der Waals surface area (Å²) < 4.78 is 26.3. The SMILES string of the molecule is CCc1ccc(S(=O)(=O)N2CCCC2)s1. The molecule has 0 amide bonds. The van der Waals surface area contributed by atoms with Crippen LogP contribution in [-0.4, -0.2) is 25.8 Å². The first-order valence-electron chi connectivity index (χ1n) is 5.23. The minimum Gasteiger partial charge on any atom is -0.206 e. The van der Waals surface area contributed by atoms with Crippen LogP contribution in [0.5, 0.6) is 0 Å². The molecule has 1 aliphatic heterocycles. The first kappa shape index (κ1) is 11.1. The monoisotopic (exact) mass is 245 g/mol. The van der Waals surface area contributed by atoms with E-state index < -0.39 is 10.0 Å². The molecule has 0 atom stereocenters. The molecule has 0 spiro atoms. The maximum atomic E-state index is 12.1. The van der Waals surface area contributed by atoms with Crippen LogP contribution in [0.1, 0.15) is 24.6 Å². The smallest absolute Gasteiger partial charge is 0.206 e. The summed E-state index contributed by atoms with van der Waals surface area (Å²) >= 11 is 1.40. The molecule has 0 N–H and O–H groups in total. The van der Waals surface area contributed by atoms with Crippen LogP contribution in [0, 0.1) is 0 Å². The van der Waals surface area contributed by atoms with Crippen molar-refractivity contribution in [2.75, 3.05) is 13.1 Å². The summed E-state index contributed by atoms with van der Waals surface area (Å²) in [7, 11) is -3.18. The second kappa shape index (κ2) is 4.23. The predicted octanol–water partition coefficient (Wildman–Crippen LogP) is 2.10. The molecule has 0 aromatic carbocycles. The van der Waals surface area contributed by atoms with Crippen molar-refractivity contribution in [2.45, 2.75) is 30.4 Å². The zero-order chi connectivity index (χ0) is 10.9. The molecule has 2 heterocycles. The lowest BCUT2D eigenvalue weighted by atomic mass is 10.4. The van der Waals surface area contributed by atoms with E-state index in [0.29, 0.717) is 17.3 Å². The maximum absolute atomic E-state index is 12.1. The lowest BCUT2D eigenvalue weighted by molar-refractivity contribution is 0.479. The van der Waals surface area contributed by atoms with Crippen molar-refractivity contribution in [3.8, 4) is 0 Å².